The molecule has 0 aromatic heterocycles. The topological polar surface area (TPSA) is 9.23 Å². The third kappa shape index (κ3) is 3.87. The van der Waals surface area contributed by atoms with Gasteiger partial charge in [-0.1, -0.05) is 49.4 Å². The fourth-order valence-corrected chi connectivity index (χ4v) is 2.72. The van der Waals surface area contributed by atoms with E-state index in [0.717, 1.165) is 29.7 Å². The third-order valence-corrected chi connectivity index (χ3v) is 4.12. The van der Waals surface area contributed by atoms with E-state index in [1.54, 1.807) is 12.1 Å². The van der Waals surface area contributed by atoms with Crippen molar-refractivity contribution in [1.82, 2.24) is 0 Å². The number of benzene rings is 3. The number of hydrogen-bond donors (Lipinski definition) is 0. The van der Waals surface area contributed by atoms with Crippen LogP contribution in [0.2, 0.25) is 0 Å². The van der Waals surface area contributed by atoms with E-state index in [-0.39, 0.29) is 0 Å². The summed E-state index contributed by atoms with van der Waals surface area (Å²) in [5.74, 6) is -1.92. The summed E-state index contributed by atoms with van der Waals surface area (Å²) in [6.45, 7) is -1.06. The minimum Gasteiger partial charge on any atom is -0.432 e. The van der Waals surface area contributed by atoms with E-state index >= 15 is 0 Å². The summed E-state index contributed by atoms with van der Waals surface area (Å²) in [7, 11) is 0. The van der Waals surface area contributed by atoms with Gasteiger partial charge < -0.3 is 4.74 Å². The van der Waals surface area contributed by atoms with Crippen LogP contribution < -0.4 is 4.74 Å². The Morgan fingerprint density at radius 3 is 1.88 bits per heavy atom. The molecule has 3 aromatic rings. The molecule has 5 heteroatoms. The van der Waals surface area contributed by atoms with Crippen molar-refractivity contribution < 1.29 is 22.3 Å². The Kier molecular flexibility index (Phi) is 5.26. The molecule has 0 aliphatic carbocycles. The number of hydrogen-bond acceptors (Lipinski definition) is 1. The van der Waals surface area contributed by atoms with Gasteiger partial charge in [0.15, 0.2) is 11.6 Å². The van der Waals surface area contributed by atoms with Gasteiger partial charge in [0, 0.05) is 5.56 Å². The molecule has 0 radical (unpaired) electrons. The summed E-state index contributed by atoms with van der Waals surface area (Å²) in [5, 5.41) is 0. The minimum atomic E-state index is -3.11. The largest absolute Gasteiger partial charge is 0.432 e. The van der Waals surface area contributed by atoms with Crippen molar-refractivity contribution in [3.8, 4) is 28.0 Å². The van der Waals surface area contributed by atoms with Crippen LogP contribution in [0.4, 0.5) is 17.6 Å². The van der Waals surface area contributed by atoms with E-state index in [2.05, 4.69) is 4.74 Å². The first-order valence-corrected chi connectivity index (χ1v) is 8.11. The third-order valence-electron chi connectivity index (χ3n) is 4.12. The van der Waals surface area contributed by atoms with Crippen molar-refractivity contribution in [3.63, 3.8) is 0 Å². The first-order valence-electron chi connectivity index (χ1n) is 8.11. The van der Waals surface area contributed by atoms with E-state index in [9.17, 15) is 17.6 Å². The summed E-state index contributed by atoms with van der Waals surface area (Å²) in [6.07, 6.45) is 0.901. The Hall–Kier alpha value is -2.82. The standard InChI is InChI=1S/C21H16F4O/c1-2-13-3-5-14(6-4-13)17-9-7-15(11-18(17)22)16-8-10-20(19(23)12-16)26-21(24)25/h3-12,21H,2H2,1H3. The molecular weight excluding hydrogens is 344 g/mol. The summed E-state index contributed by atoms with van der Waals surface area (Å²) < 4.78 is 56.9. The molecule has 0 aliphatic heterocycles. The van der Waals surface area contributed by atoms with Crippen molar-refractivity contribution in [3.05, 3.63) is 77.9 Å². The van der Waals surface area contributed by atoms with E-state index < -0.39 is 24.0 Å². The predicted octanol–water partition coefficient (Wildman–Crippen LogP) is 6.46. The van der Waals surface area contributed by atoms with E-state index in [0.29, 0.717) is 16.7 Å². The lowest BCUT2D eigenvalue weighted by Gasteiger charge is -2.10. The molecule has 3 aromatic carbocycles. The molecule has 134 valence electrons. The Labute approximate surface area is 148 Å². The highest BCUT2D eigenvalue weighted by Gasteiger charge is 2.12. The highest BCUT2D eigenvalue weighted by Crippen LogP contribution is 2.30. The zero-order valence-corrected chi connectivity index (χ0v) is 14.0. The molecule has 0 heterocycles. The van der Waals surface area contributed by atoms with Crippen LogP contribution in [0, 0.1) is 11.6 Å². The molecule has 0 fully saturated rings. The van der Waals surface area contributed by atoms with Crippen molar-refractivity contribution in [2.45, 2.75) is 20.0 Å². The second kappa shape index (κ2) is 7.60. The van der Waals surface area contributed by atoms with Crippen molar-refractivity contribution in [2.75, 3.05) is 0 Å². The maximum atomic E-state index is 14.5. The van der Waals surface area contributed by atoms with Crippen LogP contribution >= 0.6 is 0 Å². The molecule has 0 saturated heterocycles. The normalized spacial score (nSPS) is 11.0. The van der Waals surface area contributed by atoms with E-state index in [4.69, 9.17) is 0 Å². The molecule has 0 bridgehead atoms. The summed E-state index contributed by atoms with van der Waals surface area (Å²) >= 11 is 0. The van der Waals surface area contributed by atoms with Gasteiger partial charge in [0.1, 0.15) is 5.82 Å². The maximum absolute atomic E-state index is 14.5. The van der Waals surface area contributed by atoms with E-state index in [1.807, 2.05) is 31.2 Å². The van der Waals surface area contributed by atoms with Gasteiger partial charge in [0.25, 0.3) is 0 Å². The van der Waals surface area contributed by atoms with Crippen LogP contribution in [-0.4, -0.2) is 6.61 Å². The van der Waals surface area contributed by atoms with Crippen LogP contribution in [-0.2, 0) is 6.42 Å². The van der Waals surface area contributed by atoms with Crippen molar-refractivity contribution in [1.29, 1.82) is 0 Å². The van der Waals surface area contributed by atoms with Crippen LogP contribution in [0.3, 0.4) is 0 Å². The number of alkyl halides is 2. The summed E-state index contributed by atoms with van der Waals surface area (Å²) in [4.78, 5) is 0. The highest BCUT2D eigenvalue weighted by molar-refractivity contribution is 5.71. The van der Waals surface area contributed by atoms with Gasteiger partial charge in [-0.15, -0.1) is 0 Å². The van der Waals surface area contributed by atoms with Crippen LogP contribution in [0.25, 0.3) is 22.3 Å². The molecule has 1 nitrogen and oxygen atoms in total. The second-order valence-electron chi connectivity index (χ2n) is 5.77. The lowest BCUT2D eigenvalue weighted by molar-refractivity contribution is -0.0521. The lowest BCUT2D eigenvalue weighted by atomic mass is 9.98. The molecule has 0 aliphatic rings. The lowest BCUT2D eigenvalue weighted by Crippen LogP contribution is -2.03. The number of rotatable bonds is 5. The fraction of sp³-hybridized carbons (Fsp3) is 0.143. The summed E-state index contributed by atoms with van der Waals surface area (Å²) in [5.41, 5.74) is 3.16. The van der Waals surface area contributed by atoms with Crippen molar-refractivity contribution >= 4 is 0 Å². The SMILES string of the molecule is CCc1ccc(-c2ccc(-c3ccc(OC(F)F)c(F)c3)cc2F)cc1. The average molecular weight is 360 g/mol. The highest BCUT2D eigenvalue weighted by atomic mass is 19.3. The molecule has 26 heavy (non-hydrogen) atoms. The predicted molar refractivity (Wildman–Crippen MR) is 93.2 cm³/mol. The number of aryl methyl sites for hydroxylation is 1. The van der Waals surface area contributed by atoms with Gasteiger partial charge in [-0.3, -0.25) is 0 Å². The summed E-state index contributed by atoms with van der Waals surface area (Å²) in [6, 6.07) is 15.7. The first-order chi connectivity index (χ1) is 12.5. The van der Waals surface area contributed by atoms with Crippen LogP contribution in [0.15, 0.2) is 60.7 Å². The Morgan fingerprint density at radius 2 is 1.35 bits per heavy atom. The molecular formula is C21H16F4O. The van der Waals surface area contributed by atoms with E-state index in [1.165, 1.54) is 12.1 Å². The zero-order valence-electron chi connectivity index (χ0n) is 14.0. The van der Waals surface area contributed by atoms with Gasteiger partial charge >= 0.3 is 6.61 Å². The monoisotopic (exact) mass is 360 g/mol. The van der Waals surface area contributed by atoms with Gasteiger partial charge in [-0.05, 0) is 46.9 Å². The molecule has 3 rings (SSSR count). The van der Waals surface area contributed by atoms with Crippen molar-refractivity contribution in [2.24, 2.45) is 0 Å². The minimum absolute atomic E-state index is 0.371. The smallest absolute Gasteiger partial charge is 0.387 e. The first kappa shape index (κ1) is 18.0. The molecule has 0 spiro atoms. The number of ether oxygens (including phenoxy) is 1. The van der Waals surface area contributed by atoms with Gasteiger partial charge in [-0.2, -0.15) is 8.78 Å². The molecule has 0 N–H and O–H groups in total. The molecule has 0 unspecified atom stereocenters. The fourth-order valence-electron chi connectivity index (χ4n) is 2.72. The second-order valence-corrected chi connectivity index (χ2v) is 5.77. The average Bonchev–Trinajstić information content (AvgIpc) is 2.63. The Morgan fingerprint density at radius 1 is 0.769 bits per heavy atom. The van der Waals surface area contributed by atoms with Crippen LogP contribution in [0.5, 0.6) is 5.75 Å². The zero-order chi connectivity index (χ0) is 18.7. The van der Waals surface area contributed by atoms with Gasteiger partial charge in [0.2, 0.25) is 0 Å². The molecule has 0 saturated carbocycles. The molecule has 0 atom stereocenters. The Bertz CT molecular complexity index is 904. The van der Waals surface area contributed by atoms with Crippen LogP contribution in [0.1, 0.15) is 12.5 Å². The molecule has 0 amide bonds. The quantitative estimate of drug-likeness (QED) is 0.474. The van der Waals surface area contributed by atoms with Gasteiger partial charge in [0.05, 0.1) is 0 Å². The van der Waals surface area contributed by atoms with Gasteiger partial charge in [-0.25, -0.2) is 8.78 Å². The Balaban J connectivity index is 1.90. The maximum Gasteiger partial charge on any atom is 0.387 e. The number of halogens is 4.